The molecule has 0 aromatic heterocycles. The fourth-order valence-electron chi connectivity index (χ4n) is 4.99. The number of amides is 3. The van der Waals surface area contributed by atoms with E-state index in [2.05, 4.69) is 43.9 Å². The van der Waals surface area contributed by atoms with Crippen LogP contribution in [0.15, 0.2) is 42.5 Å². The highest BCUT2D eigenvalue weighted by atomic mass is 127. The summed E-state index contributed by atoms with van der Waals surface area (Å²) >= 11 is 8.54. The summed E-state index contributed by atoms with van der Waals surface area (Å²) in [5.74, 6) is 0.240. The number of rotatable bonds is 5. The van der Waals surface area contributed by atoms with Crippen molar-refractivity contribution in [2.75, 3.05) is 19.7 Å². The highest BCUT2D eigenvalue weighted by molar-refractivity contribution is 14.1. The van der Waals surface area contributed by atoms with E-state index in [9.17, 15) is 14.4 Å². The minimum Gasteiger partial charge on any atom is -0.492 e. The maximum absolute atomic E-state index is 13.6. The summed E-state index contributed by atoms with van der Waals surface area (Å²) in [5.41, 5.74) is 1.97. The molecule has 2 aromatic carbocycles. The zero-order chi connectivity index (χ0) is 29.4. The van der Waals surface area contributed by atoms with Crippen LogP contribution in [-0.4, -0.2) is 55.5 Å². The van der Waals surface area contributed by atoms with E-state index in [1.54, 1.807) is 0 Å². The van der Waals surface area contributed by atoms with Crippen molar-refractivity contribution < 1.29 is 19.1 Å². The van der Waals surface area contributed by atoms with Crippen molar-refractivity contribution in [1.29, 1.82) is 0 Å². The van der Waals surface area contributed by atoms with E-state index >= 15 is 0 Å². The minimum absolute atomic E-state index is 0.178. The van der Waals surface area contributed by atoms with Crippen LogP contribution < -0.4 is 26.0 Å². The molecule has 3 atom stereocenters. The van der Waals surface area contributed by atoms with Crippen LogP contribution in [0.5, 0.6) is 5.75 Å². The molecule has 1 heterocycles. The Morgan fingerprint density at radius 1 is 0.976 bits per heavy atom. The van der Waals surface area contributed by atoms with E-state index in [0.717, 1.165) is 46.1 Å². The molecular formula is C31H40ClIN4O4. The predicted molar refractivity (Wildman–Crippen MR) is 169 cm³/mol. The Labute approximate surface area is 261 Å². The molecule has 2 aliphatic rings. The van der Waals surface area contributed by atoms with Gasteiger partial charge in [-0.1, -0.05) is 62.6 Å². The van der Waals surface area contributed by atoms with Crippen molar-refractivity contribution in [2.24, 2.45) is 11.8 Å². The van der Waals surface area contributed by atoms with Crippen molar-refractivity contribution in [3.63, 3.8) is 0 Å². The largest absolute Gasteiger partial charge is 0.492 e. The van der Waals surface area contributed by atoms with E-state index in [-0.39, 0.29) is 23.6 Å². The molecule has 4 N–H and O–H groups in total. The molecule has 222 valence electrons. The fourth-order valence-corrected chi connectivity index (χ4v) is 5.53. The average molecular weight is 695 g/mol. The lowest BCUT2D eigenvalue weighted by molar-refractivity contribution is -0.133. The normalized spacial score (nSPS) is 23.3. The van der Waals surface area contributed by atoms with Gasteiger partial charge in [0.05, 0.1) is 11.1 Å². The molecule has 1 aliphatic carbocycles. The van der Waals surface area contributed by atoms with Crippen LogP contribution >= 0.6 is 34.2 Å². The second kappa shape index (κ2) is 15.2. The van der Waals surface area contributed by atoms with Gasteiger partial charge >= 0.3 is 0 Å². The zero-order valence-corrected chi connectivity index (χ0v) is 26.6. The van der Waals surface area contributed by atoms with Gasteiger partial charge in [-0.15, -0.1) is 0 Å². The second-order valence-corrected chi connectivity index (χ2v) is 12.8. The maximum atomic E-state index is 13.6. The van der Waals surface area contributed by atoms with Gasteiger partial charge in [-0.2, -0.15) is 0 Å². The van der Waals surface area contributed by atoms with Gasteiger partial charge in [0, 0.05) is 16.7 Å². The Morgan fingerprint density at radius 2 is 1.76 bits per heavy atom. The maximum Gasteiger partial charge on any atom is 0.243 e. The summed E-state index contributed by atoms with van der Waals surface area (Å²) in [4.78, 5) is 40.3. The van der Waals surface area contributed by atoms with Crippen LogP contribution in [0.25, 0.3) is 0 Å². The molecule has 2 aromatic rings. The van der Waals surface area contributed by atoms with E-state index < -0.39 is 18.1 Å². The van der Waals surface area contributed by atoms with Crippen molar-refractivity contribution in [2.45, 2.75) is 70.5 Å². The molecule has 0 saturated heterocycles. The number of hydrogen-bond acceptors (Lipinski definition) is 5. The first-order chi connectivity index (χ1) is 19.7. The lowest BCUT2D eigenvalue weighted by atomic mass is 10.00. The van der Waals surface area contributed by atoms with E-state index in [1.807, 2.05) is 56.3 Å². The van der Waals surface area contributed by atoms with Crippen molar-refractivity contribution in [3.8, 4) is 5.75 Å². The summed E-state index contributed by atoms with van der Waals surface area (Å²) < 4.78 is 7.03. The van der Waals surface area contributed by atoms with Crippen LogP contribution in [-0.2, 0) is 27.2 Å². The van der Waals surface area contributed by atoms with E-state index in [1.165, 1.54) is 0 Å². The molecule has 0 unspecified atom stereocenters. The van der Waals surface area contributed by atoms with Gasteiger partial charge in [0.25, 0.3) is 0 Å². The number of carbonyl (C=O) groups excluding carboxylic acids is 3. The highest BCUT2D eigenvalue weighted by Crippen LogP contribution is 2.33. The third-order valence-electron chi connectivity index (χ3n) is 7.53. The molecule has 1 fully saturated rings. The van der Waals surface area contributed by atoms with Gasteiger partial charge in [0.15, 0.2) is 0 Å². The predicted octanol–water partition coefficient (Wildman–Crippen LogP) is 4.01. The van der Waals surface area contributed by atoms with Crippen molar-refractivity contribution in [1.82, 2.24) is 21.3 Å². The molecule has 0 radical (unpaired) electrons. The lowest BCUT2D eigenvalue weighted by Gasteiger charge is -2.27. The van der Waals surface area contributed by atoms with Gasteiger partial charge in [-0.25, -0.2) is 0 Å². The van der Waals surface area contributed by atoms with E-state index in [4.69, 9.17) is 16.3 Å². The standard InChI is InChI=1S/C31H40ClIN4O4/c1-19(2)28-31(40)36-26(17-20-9-10-20)29(38)35-13-5-7-22-6-3-4-8-27(22)41-15-14-34-25(30(39)37-28)18-21-11-12-24(33)23(32)16-21/h3-4,6,8,11-12,16,19-20,25-26,28,34H,5,7,9-10,13-15,17-18H2,1-2H3,(H,35,38)(H,36,40)(H,37,39)/t25-,26+,28-/m1/s1. The van der Waals surface area contributed by atoms with Crippen LogP contribution in [0.2, 0.25) is 5.02 Å². The van der Waals surface area contributed by atoms with Gasteiger partial charge in [-0.05, 0) is 89.4 Å². The van der Waals surface area contributed by atoms with Gasteiger partial charge in [0.2, 0.25) is 17.7 Å². The molecule has 0 spiro atoms. The van der Waals surface area contributed by atoms with Crippen molar-refractivity contribution >= 4 is 51.9 Å². The Bertz CT molecular complexity index is 1220. The quantitative estimate of drug-likeness (QED) is 0.354. The Morgan fingerprint density at radius 3 is 2.49 bits per heavy atom. The molecule has 41 heavy (non-hydrogen) atoms. The van der Waals surface area contributed by atoms with Gasteiger partial charge in [0.1, 0.15) is 24.4 Å². The van der Waals surface area contributed by atoms with Crippen molar-refractivity contribution in [3.05, 3.63) is 62.2 Å². The number of benzene rings is 2. The summed E-state index contributed by atoms with van der Waals surface area (Å²) in [6.07, 6.45) is 4.62. The number of halogens is 2. The third-order valence-corrected chi connectivity index (χ3v) is 9.10. The second-order valence-electron chi connectivity index (χ2n) is 11.3. The van der Waals surface area contributed by atoms with Gasteiger partial charge < -0.3 is 26.0 Å². The molecule has 1 saturated carbocycles. The van der Waals surface area contributed by atoms with Crippen LogP contribution in [0.4, 0.5) is 0 Å². The number of fused-ring (bicyclic) bond motifs is 1. The molecule has 8 nitrogen and oxygen atoms in total. The average Bonchev–Trinajstić information content (AvgIpc) is 3.76. The SMILES string of the molecule is CC(C)[C@H]1NC(=O)[C@@H](Cc2ccc(I)c(Cl)c2)NCCOc2ccccc2CCCNC(=O)[C@H](CC2CC2)NC1=O. The molecule has 0 bridgehead atoms. The fraction of sp³-hybridized carbons (Fsp3) is 0.516. The lowest BCUT2D eigenvalue weighted by Crippen LogP contribution is -2.58. The monoisotopic (exact) mass is 694 g/mol. The molecular weight excluding hydrogens is 655 g/mol. The summed E-state index contributed by atoms with van der Waals surface area (Å²) in [6.45, 7) is 5.07. The number of para-hydroxylation sites is 1. The number of hydrogen-bond donors (Lipinski definition) is 4. The zero-order valence-electron chi connectivity index (χ0n) is 23.7. The molecule has 3 amide bonds. The highest BCUT2D eigenvalue weighted by Gasteiger charge is 2.34. The van der Waals surface area contributed by atoms with Crippen LogP contribution in [0.1, 0.15) is 50.7 Å². The molecule has 4 rings (SSSR count). The number of carbonyl (C=O) groups is 3. The molecule has 1 aliphatic heterocycles. The summed E-state index contributed by atoms with van der Waals surface area (Å²) in [7, 11) is 0. The first-order valence-electron chi connectivity index (χ1n) is 14.5. The smallest absolute Gasteiger partial charge is 0.243 e. The van der Waals surface area contributed by atoms with Gasteiger partial charge in [-0.3, -0.25) is 14.4 Å². The summed E-state index contributed by atoms with van der Waals surface area (Å²) in [5, 5.41) is 12.9. The van der Waals surface area contributed by atoms with E-state index in [0.29, 0.717) is 43.5 Å². The number of nitrogens with one attached hydrogen (secondary N) is 4. The minimum atomic E-state index is -0.788. The Hall–Kier alpha value is -2.37. The number of aryl methyl sites for hydroxylation is 1. The topological polar surface area (TPSA) is 109 Å². The third kappa shape index (κ3) is 9.58. The Balaban J connectivity index is 1.57. The van der Waals surface area contributed by atoms with Crippen LogP contribution in [0.3, 0.4) is 0 Å². The van der Waals surface area contributed by atoms with Crippen LogP contribution in [0, 0.1) is 15.4 Å². The molecule has 10 heteroatoms. The summed E-state index contributed by atoms with van der Waals surface area (Å²) in [6, 6.07) is 11.6. The first-order valence-corrected chi connectivity index (χ1v) is 15.9. The Kier molecular flexibility index (Phi) is 11.7. The number of ether oxygens (including phenoxy) is 1. The first kappa shape index (κ1) is 31.6.